The number of hydrogen-bond acceptors (Lipinski definition) is 2. The number of carbonyl (C=O) groups excluding carboxylic acids is 1. The maximum absolute atomic E-state index is 12.0. The molecule has 86 valence electrons. The molecule has 0 radical (unpaired) electrons. The van der Waals surface area contributed by atoms with Crippen LogP contribution in [-0.2, 0) is 4.79 Å². The molecule has 1 aliphatic heterocycles. The van der Waals surface area contributed by atoms with Crippen LogP contribution in [0.2, 0.25) is 0 Å². The zero-order valence-corrected chi connectivity index (χ0v) is 10.3. The van der Waals surface area contributed by atoms with Crippen LogP contribution < -0.4 is 5.73 Å². The Hall–Kier alpha value is -0.640. The van der Waals surface area contributed by atoms with Crippen LogP contribution in [0.3, 0.4) is 0 Å². The number of hydrogen-bond donors (Lipinski definition) is 1. The molecule has 1 amide bonds. The minimum atomic E-state index is -0.312. The molecule has 1 saturated heterocycles. The van der Waals surface area contributed by atoms with Gasteiger partial charge in [0.25, 0.3) is 0 Å². The van der Waals surface area contributed by atoms with Gasteiger partial charge in [-0.3, -0.25) is 4.79 Å². The molecule has 4 heteroatoms. The number of rotatable bonds is 2. The maximum Gasteiger partial charge on any atom is 0.232 e. The standard InChI is InChI=1S/C11H20N2OS/c1-8-4-3-6-13(7-5-8)11(14)9(2)10(12)15/h8-9H,3-7H2,1-2H3,(H2,12,15). The number of carbonyl (C=O) groups is 1. The molecule has 0 aromatic carbocycles. The molecule has 0 aliphatic carbocycles. The molecule has 3 nitrogen and oxygen atoms in total. The van der Waals surface area contributed by atoms with Gasteiger partial charge < -0.3 is 10.6 Å². The molecule has 0 spiro atoms. The van der Waals surface area contributed by atoms with Crippen molar-refractivity contribution in [3.63, 3.8) is 0 Å². The van der Waals surface area contributed by atoms with E-state index in [9.17, 15) is 4.79 Å². The number of thiocarbonyl (C=S) groups is 1. The fourth-order valence-electron chi connectivity index (χ4n) is 1.88. The number of likely N-dealkylation sites (tertiary alicyclic amines) is 1. The maximum atomic E-state index is 12.0. The molecule has 1 fully saturated rings. The predicted molar refractivity (Wildman–Crippen MR) is 65.5 cm³/mol. The minimum absolute atomic E-state index is 0.0941. The molecular weight excluding hydrogens is 208 g/mol. The summed E-state index contributed by atoms with van der Waals surface area (Å²) < 4.78 is 0. The second-order valence-electron chi connectivity index (χ2n) is 4.49. The van der Waals surface area contributed by atoms with Crippen molar-refractivity contribution in [2.24, 2.45) is 17.6 Å². The second-order valence-corrected chi connectivity index (χ2v) is 4.96. The van der Waals surface area contributed by atoms with E-state index < -0.39 is 0 Å². The van der Waals surface area contributed by atoms with Crippen LogP contribution in [0.25, 0.3) is 0 Å². The molecule has 15 heavy (non-hydrogen) atoms. The Morgan fingerprint density at radius 3 is 2.73 bits per heavy atom. The van der Waals surface area contributed by atoms with Crippen molar-refractivity contribution in [3.05, 3.63) is 0 Å². The molecule has 2 atom stereocenters. The minimum Gasteiger partial charge on any atom is -0.393 e. The topological polar surface area (TPSA) is 46.3 Å². The van der Waals surface area contributed by atoms with Crippen LogP contribution in [0.15, 0.2) is 0 Å². The van der Waals surface area contributed by atoms with Crippen LogP contribution in [0.4, 0.5) is 0 Å². The summed E-state index contributed by atoms with van der Waals surface area (Å²) in [5.41, 5.74) is 5.49. The first-order chi connectivity index (χ1) is 7.02. The van der Waals surface area contributed by atoms with E-state index in [1.54, 1.807) is 6.92 Å². The second kappa shape index (κ2) is 5.45. The Balaban J connectivity index is 2.55. The third-order valence-corrected chi connectivity index (χ3v) is 3.48. The number of nitrogens with zero attached hydrogens (tertiary/aromatic N) is 1. The van der Waals surface area contributed by atoms with E-state index in [-0.39, 0.29) is 11.8 Å². The lowest BCUT2D eigenvalue weighted by atomic mass is 10.0. The highest BCUT2D eigenvalue weighted by atomic mass is 32.1. The van der Waals surface area contributed by atoms with Gasteiger partial charge in [0.15, 0.2) is 0 Å². The smallest absolute Gasteiger partial charge is 0.232 e. The Bertz CT molecular complexity index is 255. The quantitative estimate of drug-likeness (QED) is 0.730. The van der Waals surface area contributed by atoms with Crippen LogP contribution >= 0.6 is 12.2 Å². The van der Waals surface area contributed by atoms with Crippen LogP contribution in [0, 0.1) is 11.8 Å². The van der Waals surface area contributed by atoms with E-state index in [2.05, 4.69) is 6.92 Å². The van der Waals surface area contributed by atoms with Crippen molar-refractivity contribution in [1.29, 1.82) is 0 Å². The lowest BCUT2D eigenvalue weighted by Crippen LogP contribution is -2.40. The van der Waals surface area contributed by atoms with Crippen LogP contribution in [-0.4, -0.2) is 28.9 Å². The van der Waals surface area contributed by atoms with Crippen molar-refractivity contribution in [3.8, 4) is 0 Å². The van der Waals surface area contributed by atoms with Gasteiger partial charge in [-0.05, 0) is 32.1 Å². The van der Waals surface area contributed by atoms with Gasteiger partial charge in [0, 0.05) is 13.1 Å². The Morgan fingerprint density at radius 1 is 1.47 bits per heavy atom. The van der Waals surface area contributed by atoms with Gasteiger partial charge in [0.05, 0.1) is 10.9 Å². The van der Waals surface area contributed by atoms with Gasteiger partial charge in [-0.2, -0.15) is 0 Å². The molecule has 1 aliphatic rings. The van der Waals surface area contributed by atoms with E-state index in [0.717, 1.165) is 31.8 Å². The Labute approximate surface area is 97.0 Å². The third kappa shape index (κ3) is 3.45. The molecule has 2 unspecified atom stereocenters. The summed E-state index contributed by atoms with van der Waals surface area (Å²) in [5.74, 6) is 0.507. The van der Waals surface area contributed by atoms with Gasteiger partial charge in [-0.15, -0.1) is 0 Å². The van der Waals surface area contributed by atoms with E-state index in [0.29, 0.717) is 4.99 Å². The van der Waals surface area contributed by atoms with E-state index in [1.807, 2.05) is 4.90 Å². The van der Waals surface area contributed by atoms with Crippen LogP contribution in [0.1, 0.15) is 33.1 Å². The SMILES string of the molecule is CC1CCCN(C(=O)C(C)C(N)=S)CC1. The van der Waals surface area contributed by atoms with Crippen molar-refractivity contribution < 1.29 is 4.79 Å². The highest BCUT2D eigenvalue weighted by Gasteiger charge is 2.24. The molecule has 0 aromatic heterocycles. The van der Waals surface area contributed by atoms with Crippen molar-refractivity contribution in [1.82, 2.24) is 4.90 Å². The summed E-state index contributed by atoms with van der Waals surface area (Å²) in [6.45, 7) is 5.74. The zero-order chi connectivity index (χ0) is 11.4. The normalized spacial score (nSPS) is 24.4. The fraction of sp³-hybridized carbons (Fsp3) is 0.818. The molecule has 2 N–H and O–H groups in total. The number of amides is 1. The fourth-order valence-corrected chi connectivity index (χ4v) is 1.98. The summed E-state index contributed by atoms with van der Waals surface area (Å²) in [5, 5.41) is 0. The molecular formula is C11H20N2OS. The summed E-state index contributed by atoms with van der Waals surface area (Å²) >= 11 is 4.85. The first-order valence-electron chi connectivity index (χ1n) is 5.60. The van der Waals surface area contributed by atoms with Crippen molar-refractivity contribution in [2.75, 3.05) is 13.1 Å². The van der Waals surface area contributed by atoms with Crippen molar-refractivity contribution in [2.45, 2.75) is 33.1 Å². The first-order valence-corrected chi connectivity index (χ1v) is 6.01. The van der Waals surface area contributed by atoms with Gasteiger partial charge >= 0.3 is 0 Å². The average Bonchev–Trinajstić information content (AvgIpc) is 2.40. The molecule has 0 aromatic rings. The summed E-state index contributed by atoms with van der Waals surface area (Å²) in [6.07, 6.45) is 3.40. The summed E-state index contributed by atoms with van der Waals surface area (Å²) in [7, 11) is 0. The molecule has 1 rings (SSSR count). The molecule has 0 bridgehead atoms. The summed E-state index contributed by atoms with van der Waals surface area (Å²) in [4.78, 5) is 14.2. The summed E-state index contributed by atoms with van der Waals surface area (Å²) in [6, 6.07) is 0. The first kappa shape index (κ1) is 12.4. The highest BCUT2D eigenvalue weighted by molar-refractivity contribution is 7.80. The van der Waals surface area contributed by atoms with E-state index >= 15 is 0 Å². The monoisotopic (exact) mass is 228 g/mol. The zero-order valence-electron chi connectivity index (χ0n) is 9.53. The lowest BCUT2D eigenvalue weighted by molar-refractivity contribution is -0.132. The number of nitrogens with two attached hydrogens (primary N) is 1. The van der Waals surface area contributed by atoms with E-state index in [1.165, 1.54) is 6.42 Å². The van der Waals surface area contributed by atoms with Gasteiger partial charge in [-0.1, -0.05) is 19.1 Å². The predicted octanol–water partition coefficient (Wildman–Crippen LogP) is 1.56. The average molecular weight is 228 g/mol. The third-order valence-electron chi connectivity index (χ3n) is 3.13. The molecule has 0 saturated carbocycles. The largest absolute Gasteiger partial charge is 0.393 e. The van der Waals surface area contributed by atoms with Gasteiger partial charge in [0.1, 0.15) is 0 Å². The Morgan fingerprint density at radius 2 is 2.13 bits per heavy atom. The van der Waals surface area contributed by atoms with Crippen molar-refractivity contribution >= 4 is 23.1 Å². The molecule has 1 heterocycles. The van der Waals surface area contributed by atoms with Crippen LogP contribution in [0.5, 0.6) is 0 Å². The van der Waals surface area contributed by atoms with Gasteiger partial charge in [0.2, 0.25) is 5.91 Å². The Kier molecular flexibility index (Phi) is 4.51. The van der Waals surface area contributed by atoms with Gasteiger partial charge in [-0.25, -0.2) is 0 Å². The van der Waals surface area contributed by atoms with E-state index in [4.69, 9.17) is 18.0 Å². The highest BCUT2D eigenvalue weighted by Crippen LogP contribution is 2.17. The lowest BCUT2D eigenvalue weighted by Gasteiger charge is -2.23.